The van der Waals surface area contributed by atoms with Gasteiger partial charge in [0.25, 0.3) is 0 Å². The van der Waals surface area contributed by atoms with Gasteiger partial charge in [-0.15, -0.1) is 0 Å². The van der Waals surface area contributed by atoms with Gasteiger partial charge in [0.05, 0.1) is 48.3 Å². The molecule has 0 aromatic carbocycles. The molecule has 0 spiro atoms. The van der Waals surface area contributed by atoms with Gasteiger partial charge in [0, 0.05) is 43.2 Å². The molecule has 5 N–H and O–H groups in total. The number of cyclic esters (lactones) is 1. The number of ether oxygens (including phenoxy) is 6. The van der Waals surface area contributed by atoms with Crippen molar-refractivity contribution in [2.45, 2.75) is 167 Å². The van der Waals surface area contributed by atoms with Crippen LogP contribution in [0.4, 0.5) is 0 Å². The summed E-state index contributed by atoms with van der Waals surface area (Å²) in [5.74, 6) is -5.57. The number of carbonyl (C=O) groups is 2. The van der Waals surface area contributed by atoms with Gasteiger partial charge >= 0.3 is 5.97 Å². The van der Waals surface area contributed by atoms with E-state index in [1.165, 1.54) is 14.0 Å². The molecule has 3 saturated heterocycles. The van der Waals surface area contributed by atoms with Gasteiger partial charge in [-0.1, -0.05) is 34.6 Å². The lowest BCUT2D eigenvalue weighted by molar-refractivity contribution is -0.318. The van der Waals surface area contributed by atoms with Crippen LogP contribution in [0.15, 0.2) is 0 Å². The molecule has 0 unspecified atom stereocenters. The van der Waals surface area contributed by atoms with E-state index in [1.54, 1.807) is 48.5 Å². The fourth-order valence-electron chi connectivity index (χ4n) is 8.40. The molecule has 14 nitrogen and oxygen atoms in total. The van der Waals surface area contributed by atoms with E-state index in [0.717, 1.165) is 0 Å². The van der Waals surface area contributed by atoms with Gasteiger partial charge < -0.3 is 58.9 Å². The van der Waals surface area contributed by atoms with E-state index < -0.39 is 109 Å². The van der Waals surface area contributed by atoms with E-state index in [1.807, 2.05) is 25.9 Å². The predicted molar refractivity (Wildman–Crippen MR) is 186 cm³/mol. The molecule has 0 aromatic heterocycles. The maximum absolute atomic E-state index is 14.1. The second-order valence-electron chi connectivity index (χ2n) is 16.2. The van der Waals surface area contributed by atoms with E-state index in [9.17, 15) is 35.1 Å². The van der Waals surface area contributed by atoms with E-state index in [4.69, 9.17) is 28.4 Å². The van der Waals surface area contributed by atoms with Crippen LogP contribution in [0, 0.1) is 29.6 Å². The lowest BCUT2D eigenvalue weighted by atomic mass is 9.74. The van der Waals surface area contributed by atoms with Crippen LogP contribution in [0.3, 0.4) is 0 Å². The smallest absolute Gasteiger partial charge is 0.314 e. The average molecular weight is 734 g/mol. The fraction of sp³-hybridized carbons (Fsp3) is 0.946. The number of Topliss-reactive ketones (excluding diaryl/α,β-unsaturated/α-hetero) is 1. The fourth-order valence-corrected chi connectivity index (χ4v) is 8.40. The first-order valence-electron chi connectivity index (χ1n) is 18.6. The molecule has 3 aliphatic heterocycles. The van der Waals surface area contributed by atoms with E-state index in [-0.39, 0.29) is 30.8 Å². The van der Waals surface area contributed by atoms with Crippen molar-refractivity contribution < 1.29 is 63.5 Å². The van der Waals surface area contributed by atoms with Crippen LogP contribution in [0.1, 0.15) is 88.0 Å². The Morgan fingerprint density at radius 2 is 1.55 bits per heavy atom. The molecule has 0 aliphatic carbocycles. The number of hydrogen-bond acceptors (Lipinski definition) is 14. The highest BCUT2D eigenvalue weighted by molar-refractivity contribution is 5.83. The minimum Gasteiger partial charge on any atom is -0.462 e. The quantitative estimate of drug-likeness (QED) is 0.226. The van der Waals surface area contributed by atoms with E-state index >= 15 is 0 Å². The van der Waals surface area contributed by atoms with Crippen LogP contribution in [0.25, 0.3) is 0 Å². The van der Waals surface area contributed by atoms with Gasteiger partial charge in [-0.25, -0.2) is 0 Å². The second-order valence-corrected chi connectivity index (χ2v) is 16.2. The Bertz CT molecular complexity index is 1140. The lowest BCUT2D eigenvalue weighted by Crippen LogP contribution is -2.61. The number of ketones is 1. The first-order chi connectivity index (χ1) is 23.6. The zero-order valence-electron chi connectivity index (χ0n) is 32.7. The average Bonchev–Trinajstić information content (AvgIpc) is 3.06. The highest BCUT2D eigenvalue weighted by Crippen LogP contribution is 2.40. The van der Waals surface area contributed by atoms with Crippen molar-refractivity contribution in [2.75, 3.05) is 27.8 Å². The first-order valence-corrected chi connectivity index (χ1v) is 18.6. The largest absolute Gasteiger partial charge is 0.462 e. The van der Waals surface area contributed by atoms with Gasteiger partial charge in [-0.3, -0.25) is 9.59 Å². The Kier molecular flexibility index (Phi) is 15.5. The van der Waals surface area contributed by atoms with Crippen molar-refractivity contribution >= 4 is 11.8 Å². The number of hydrogen-bond donors (Lipinski definition) is 5. The highest BCUT2D eigenvalue weighted by atomic mass is 16.7. The molecular formula is C37H67NO13. The number of carbonyl (C=O) groups excluding carboxylic acids is 2. The number of likely N-dealkylation sites (N-methyl/N-ethyl adjacent to an activating group) is 1. The van der Waals surface area contributed by atoms with Crippen LogP contribution >= 0.6 is 0 Å². The molecular weight excluding hydrogens is 666 g/mol. The Morgan fingerprint density at radius 3 is 2.10 bits per heavy atom. The van der Waals surface area contributed by atoms with E-state index in [2.05, 4.69) is 0 Å². The van der Waals surface area contributed by atoms with Crippen LogP contribution < -0.4 is 0 Å². The Morgan fingerprint density at radius 1 is 0.922 bits per heavy atom. The number of nitrogens with zero attached hydrogens (tertiary/aromatic N) is 1. The summed E-state index contributed by atoms with van der Waals surface area (Å²) in [7, 11) is 5.15. The standard InChI is InChI=1S/C37H67NO13/c1-13-26-20(4)29(41)21(5)28(40)18(2)15-36(8,45)33(51-35-30(42)25(38(10)11)14-19(3)47-35)22(6)31(24(17-39)34(44)49-26)50-27-16-37(9,46-12)32(43)23(7)48-27/h18-27,29-33,35,39,41-43,45H,13-17H2,1-12H3/t18-,19-,20+,21+,22+,23+,24-,25+,26+,27+,29+,30-,31+,32+,33-,35+,36-,37-/m1/s1. The third kappa shape index (κ3) is 9.88. The van der Waals surface area contributed by atoms with Crippen LogP contribution in [-0.2, 0) is 38.0 Å². The zero-order chi connectivity index (χ0) is 38.7. The third-order valence-electron chi connectivity index (χ3n) is 11.8. The number of rotatable bonds is 8. The van der Waals surface area contributed by atoms with Crippen LogP contribution in [-0.4, -0.2) is 149 Å². The molecule has 0 bridgehead atoms. The molecule has 3 rings (SSSR count). The minimum absolute atomic E-state index is 0.0596. The molecule has 51 heavy (non-hydrogen) atoms. The zero-order valence-corrected chi connectivity index (χ0v) is 32.7. The van der Waals surface area contributed by atoms with Gasteiger partial charge in [-0.2, -0.15) is 0 Å². The van der Waals surface area contributed by atoms with Crippen molar-refractivity contribution in [3.63, 3.8) is 0 Å². The van der Waals surface area contributed by atoms with Crippen molar-refractivity contribution in [1.82, 2.24) is 4.90 Å². The summed E-state index contributed by atoms with van der Waals surface area (Å²) in [5.41, 5.74) is -2.88. The molecule has 14 heteroatoms. The molecule has 298 valence electrons. The highest BCUT2D eigenvalue weighted by Gasteiger charge is 2.53. The van der Waals surface area contributed by atoms with Gasteiger partial charge in [0.1, 0.15) is 30.0 Å². The number of methoxy groups -OCH3 is 1. The topological polar surface area (TPSA) is 194 Å². The molecule has 3 aliphatic rings. The molecule has 0 radical (unpaired) electrons. The molecule has 0 aromatic rings. The number of aliphatic hydroxyl groups excluding tert-OH is 4. The Labute approximate surface area is 304 Å². The minimum atomic E-state index is -1.80. The molecule has 3 fully saturated rings. The van der Waals surface area contributed by atoms with Gasteiger partial charge in [-0.05, 0) is 61.1 Å². The summed E-state index contributed by atoms with van der Waals surface area (Å²) in [6.45, 7) is 14.6. The number of esters is 1. The van der Waals surface area contributed by atoms with Crippen molar-refractivity contribution in [3.8, 4) is 0 Å². The summed E-state index contributed by atoms with van der Waals surface area (Å²) in [4.78, 5) is 29.8. The molecule has 0 amide bonds. The van der Waals surface area contributed by atoms with Crippen LogP contribution in [0.2, 0.25) is 0 Å². The first kappa shape index (κ1) is 44.1. The summed E-state index contributed by atoms with van der Waals surface area (Å²) in [6.07, 6.45) is -9.05. The maximum Gasteiger partial charge on any atom is 0.314 e. The van der Waals surface area contributed by atoms with E-state index in [0.29, 0.717) is 12.8 Å². The lowest BCUT2D eigenvalue weighted by Gasteiger charge is -2.49. The summed E-state index contributed by atoms with van der Waals surface area (Å²) in [6, 6.07) is -0.337. The molecule has 18 atom stereocenters. The van der Waals surface area contributed by atoms with Crippen molar-refractivity contribution in [1.29, 1.82) is 0 Å². The predicted octanol–water partition coefficient (Wildman–Crippen LogP) is 1.64. The van der Waals surface area contributed by atoms with Crippen molar-refractivity contribution in [3.05, 3.63) is 0 Å². The number of aliphatic hydroxyl groups is 5. The monoisotopic (exact) mass is 733 g/mol. The second kappa shape index (κ2) is 17.9. The van der Waals surface area contributed by atoms with Gasteiger partial charge in [0.2, 0.25) is 0 Å². The third-order valence-corrected chi connectivity index (χ3v) is 11.8. The maximum atomic E-state index is 14.1. The Hall–Kier alpha value is -1.30. The summed E-state index contributed by atoms with van der Waals surface area (Å²) in [5, 5.41) is 56.9. The SMILES string of the molecule is CC[C@@H]1OC(=O)[C@H](CO)[C@@H](O[C@H]2C[C@@](C)(OC)[C@@H](O)[C@H](C)O2)[C@H](C)[C@@H](O[C@@H]2O[C@H](C)C[C@H](N(C)C)[C@H]2O)[C@](C)(O)C[C@@H](C)C(=O)[C@H](C)[C@@H](O)[C@H]1C. The van der Waals surface area contributed by atoms with Crippen molar-refractivity contribution in [2.24, 2.45) is 29.6 Å². The normalized spacial score (nSPS) is 48.3. The summed E-state index contributed by atoms with van der Waals surface area (Å²) >= 11 is 0. The summed E-state index contributed by atoms with van der Waals surface area (Å²) < 4.78 is 37.1. The van der Waals surface area contributed by atoms with Gasteiger partial charge in [0.15, 0.2) is 12.6 Å². The molecule has 3 heterocycles. The van der Waals surface area contributed by atoms with Crippen LogP contribution in [0.5, 0.6) is 0 Å². The Balaban J connectivity index is 2.19. The molecule has 0 saturated carbocycles.